The Labute approximate surface area is 178 Å². The number of fused-ring (bicyclic) bond motifs is 1. The number of rotatable bonds is 4. The SMILES string of the molecule is Cc1cc(C(=O)Nc2ccc(-n3cncn3)nc2)c(C)n1-c1ccc2c(c1)OCCO2. The summed E-state index contributed by atoms with van der Waals surface area (Å²) in [7, 11) is 0. The van der Waals surface area contributed by atoms with Crippen molar-refractivity contribution in [2.24, 2.45) is 0 Å². The minimum Gasteiger partial charge on any atom is -0.486 e. The molecule has 156 valence electrons. The van der Waals surface area contributed by atoms with E-state index in [0.29, 0.717) is 36.0 Å². The number of pyridine rings is 1. The molecule has 1 aromatic carbocycles. The average molecular weight is 416 g/mol. The Kier molecular flexibility index (Phi) is 4.62. The average Bonchev–Trinajstić information content (AvgIpc) is 3.42. The van der Waals surface area contributed by atoms with E-state index < -0.39 is 0 Å². The number of ether oxygens (including phenoxy) is 2. The van der Waals surface area contributed by atoms with Crippen LogP contribution in [-0.4, -0.2) is 43.4 Å². The van der Waals surface area contributed by atoms with E-state index in [9.17, 15) is 4.79 Å². The van der Waals surface area contributed by atoms with Gasteiger partial charge < -0.3 is 19.4 Å². The van der Waals surface area contributed by atoms with Crippen molar-refractivity contribution in [1.29, 1.82) is 0 Å². The van der Waals surface area contributed by atoms with E-state index in [1.165, 1.54) is 6.33 Å². The van der Waals surface area contributed by atoms with Crippen LogP contribution in [-0.2, 0) is 0 Å². The van der Waals surface area contributed by atoms with Gasteiger partial charge in [-0.15, -0.1) is 0 Å². The van der Waals surface area contributed by atoms with Crippen LogP contribution in [0.4, 0.5) is 5.69 Å². The van der Waals surface area contributed by atoms with Crippen LogP contribution >= 0.6 is 0 Å². The van der Waals surface area contributed by atoms with Crippen molar-refractivity contribution >= 4 is 11.6 Å². The molecule has 9 nitrogen and oxygen atoms in total. The highest BCUT2D eigenvalue weighted by atomic mass is 16.6. The highest BCUT2D eigenvalue weighted by Gasteiger charge is 2.19. The van der Waals surface area contributed by atoms with Gasteiger partial charge in [-0.05, 0) is 44.2 Å². The monoisotopic (exact) mass is 416 g/mol. The van der Waals surface area contributed by atoms with Gasteiger partial charge in [0.2, 0.25) is 0 Å². The maximum absolute atomic E-state index is 13.0. The summed E-state index contributed by atoms with van der Waals surface area (Å²) in [5.74, 6) is 1.86. The van der Waals surface area contributed by atoms with Gasteiger partial charge in [0.1, 0.15) is 25.9 Å². The Bertz CT molecular complexity index is 1250. The molecule has 4 aromatic rings. The van der Waals surface area contributed by atoms with Gasteiger partial charge in [0, 0.05) is 23.1 Å². The Morgan fingerprint density at radius 2 is 1.90 bits per heavy atom. The Morgan fingerprint density at radius 3 is 2.65 bits per heavy atom. The predicted molar refractivity (Wildman–Crippen MR) is 113 cm³/mol. The molecule has 0 bridgehead atoms. The largest absolute Gasteiger partial charge is 0.486 e. The van der Waals surface area contributed by atoms with E-state index in [1.54, 1.807) is 29.3 Å². The van der Waals surface area contributed by atoms with E-state index in [-0.39, 0.29) is 5.91 Å². The van der Waals surface area contributed by atoms with Crippen LogP contribution in [0, 0.1) is 13.8 Å². The summed E-state index contributed by atoms with van der Waals surface area (Å²) in [5, 5.41) is 6.95. The maximum atomic E-state index is 13.0. The fraction of sp³-hybridized carbons (Fsp3) is 0.182. The summed E-state index contributed by atoms with van der Waals surface area (Å²) in [6, 6.07) is 11.2. The third kappa shape index (κ3) is 3.50. The number of aryl methyl sites for hydroxylation is 1. The van der Waals surface area contributed by atoms with E-state index in [1.807, 2.05) is 42.7 Å². The molecular weight excluding hydrogens is 396 g/mol. The second kappa shape index (κ2) is 7.60. The lowest BCUT2D eigenvalue weighted by molar-refractivity contribution is 0.102. The number of benzene rings is 1. The molecule has 3 aromatic heterocycles. The fourth-order valence-electron chi connectivity index (χ4n) is 3.68. The molecule has 0 unspecified atom stereocenters. The molecular formula is C22H20N6O3. The third-order valence-electron chi connectivity index (χ3n) is 5.12. The van der Waals surface area contributed by atoms with Gasteiger partial charge in [0.25, 0.3) is 5.91 Å². The molecule has 31 heavy (non-hydrogen) atoms. The summed E-state index contributed by atoms with van der Waals surface area (Å²) in [6.45, 7) is 4.96. The first kappa shape index (κ1) is 18.9. The van der Waals surface area contributed by atoms with Crippen LogP contribution < -0.4 is 14.8 Å². The first-order valence-corrected chi connectivity index (χ1v) is 9.81. The zero-order chi connectivity index (χ0) is 21.4. The summed E-state index contributed by atoms with van der Waals surface area (Å²) in [6.07, 6.45) is 4.59. The molecule has 0 spiro atoms. The first-order chi connectivity index (χ1) is 15.1. The normalized spacial score (nSPS) is 12.6. The number of carbonyl (C=O) groups is 1. The molecule has 0 saturated carbocycles. The minimum absolute atomic E-state index is 0.202. The zero-order valence-electron chi connectivity index (χ0n) is 17.1. The quantitative estimate of drug-likeness (QED) is 0.549. The number of carbonyl (C=O) groups excluding carboxylic acids is 1. The molecule has 5 rings (SSSR count). The fourth-order valence-corrected chi connectivity index (χ4v) is 3.68. The Hall–Kier alpha value is -4.14. The second-order valence-corrected chi connectivity index (χ2v) is 7.15. The van der Waals surface area contributed by atoms with Crippen molar-refractivity contribution < 1.29 is 14.3 Å². The molecule has 1 amide bonds. The molecule has 1 N–H and O–H groups in total. The number of amides is 1. The van der Waals surface area contributed by atoms with Crippen molar-refractivity contribution in [3.63, 3.8) is 0 Å². The van der Waals surface area contributed by atoms with Gasteiger partial charge in [-0.25, -0.2) is 14.6 Å². The summed E-state index contributed by atoms with van der Waals surface area (Å²) in [4.78, 5) is 21.2. The topological polar surface area (TPSA) is 96.1 Å². The van der Waals surface area contributed by atoms with Crippen molar-refractivity contribution in [2.45, 2.75) is 13.8 Å². The van der Waals surface area contributed by atoms with Crippen LogP contribution in [0.25, 0.3) is 11.5 Å². The summed E-state index contributed by atoms with van der Waals surface area (Å²) in [5.41, 5.74) is 3.88. The van der Waals surface area contributed by atoms with Crippen LogP contribution in [0.1, 0.15) is 21.7 Å². The molecule has 0 atom stereocenters. The molecule has 1 aliphatic heterocycles. The molecule has 1 aliphatic rings. The van der Waals surface area contributed by atoms with Crippen molar-refractivity contribution in [3.05, 3.63) is 72.2 Å². The van der Waals surface area contributed by atoms with Crippen LogP contribution in [0.3, 0.4) is 0 Å². The number of nitrogens with one attached hydrogen (secondary N) is 1. The number of hydrogen-bond acceptors (Lipinski definition) is 6. The van der Waals surface area contributed by atoms with E-state index in [2.05, 4.69) is 20.4 Å². The first-order valence-electron chi connectivity index (χ1n) is 9.81. The number of aromatic nitrogens is 5. The lowest BCUT2D eigenvalue weighted by Crippen LogP contribution is -2.16. The van der Waals surface area contributed by atoms with Gasteiger partial charge in [-0.1, -0.05) is 0 Å². The minimum atomic E-state index is -0.202. The molecule has 4 heterocycles. The lowest BCUT2D eigenvalue weighted by Gasteiger charge is -2.20. The van der Waals surface area contributed by atoms with Gasteiger partial charge in [-0.2, -0.15) is 5.10 Å². The van der Waals surface area contributed by atoms with Crippen molar-refractivity contribution in [3.8, 4) is 23.0 Å². The van der Waals surface area contributed by atoms with Crippen molar-refractivity contribution in [2.75, 3.05) is 18.5 Å². The number of hydrogen-bond donors (Lipinski definition) is 1. The third-order valence-corrected chi connectivity index (χ3v) is 5.12. The van der Waals surface area contributed by atoms with Gasteiger partial charge >= 0.3 is 0 Å². The number of anilines is 1. The number of nitrogens with zero attached hydrogens (tertiary/aromatic N) is 5. The molecule has 0 aliphatic carbocycles. The smallest absolute Gasteiger partial charge is 0.257 e. The lowest BCUT2D eigenvalue weighted by atomic mass is 10.2. The zero-order valence-corrected chi connectivity index (χ0v) is 17.1. The molecule has 0 saturated heterocycles. The standard InChI is InChI=1S/C22H20N6O3/c1-14-9-18(15(2)28(14)17-4-5-19-20(10-17)31-8-7-30-19)22(29)26-16-3-6-21(24-11-16)27-13-23-12-25-27/h3-6,9-13H,7-8H2,1-2H3,(H,26,29). The highest BCUT2D eigenvalue weighted by Crippen LogP contribution is 2.33. The van der Waals surface area contributed by atoms with Crippen molar-refractivity contribution in [1.82, 2.24) is 24.3 Å². The Morgan fingerprint density at radius 1 is 1.06 bits per heavy atom. The summed E-state index contributed by atoms with van der Waals surface area (Å²) < 4.78 is 14.9. The van der Waals surface area contributed by atoms with Crippen LogP contribution in [0.2, 0.25) is 0 Å². The molecule has 0 radical (unpaired) electrons. The van der Waals surface area contributed by atoms with Gasteiger partial charge in [0.05, 0.1) is 17.4 Å². The highest BCUT2D eigenvalue weighted by molar-refractivity contribution is 6.05. The molecule has 9 heteroatoms. The van der Waals surface area contributed by atoms with Crippen LogP contribution in [0.15, 0.2) is 55.2 Å². The van der Waals surface area contributed by atoms with Crippen LogP contribution in [0.5, 0.6) is 11.5 Å². The molecule has 0 fully saturated rings. The van der Waals surface area contributed by atoms with E-state index >= 15 is 0 Å². The Balaban J connectivity index is 1.39. The van der Waals surface area contributed by atoms with Gasteiger partial charge in [-0.3, -0.25) is 4.79 Å². The van der Waals surface area contributed by atoms with Gasteiger partial charge in [0.15, 0.2) is 17.3 Å². The van der Waals surface area contributed by atoms with E-state index in [4.69, 9.17) is 9.47 Å². The maximum Gasteiger partial charge on any atom is 0.257 e. The summed E-state index contributed by atoms with van der Waals surface area (Å²) >= 11 is 0. The second-order valence-electron chi connectivity index (χ2n) is 7.15. The van der Waals surface area contributed by atoms with E-state index in [0.717, 1.165) is 22.8 Å². The predicted octanol–water partition coefficient (Wildman–Crippen LogP) is 3.09.